The van der Waals surface area contributed by atoms with Gasteiger partial charge in [-0.25, -0.2) is 0 Å². The summed E-state index contributed by atoms with van der Waals surface area (Å²) in [6, 6.07) is 1.90. The summed E-state index contributed by atoms with van der Waals surface area (Å²) in [6.45, 7) is 6.65. The summed E-state index contributed by atoms with van der Waals surface area (Å²) in [5, 5.41) is 8.86. The number of hydrogen-bond acceptors (Lipinski definition) is 5. The number of hydrogen-bond donors (Lipinski definition) is 0. The van der Waals surface area contributed by atoms with E-state index in [1.165, 1.54) is 21.0 Å². The Morgan fingerprint density at radius 1 is 1.22 bits per heavy atom. The van der Waals surface area contributed by atoms with Gasteiger partial charge in [0.25, 0.3) is 0 Å². The highest BCUT2D eigenvalue weighted by atomic mass is 16.6. The van der Waals surface area contributed by atoms with Gasteiger partial charge >= 0.3 is 11.9 Å². The molecule has 0 bridgehead atoms. The zero-order valence-corrected chi connectivity index (χ0v) is 11.7. The molecule has 18 heavy (non-hydrogen) atoms. The molecule has 0 aliphatic carbocycles. The molecule has 0 aromatic heterocycles. The minimum Gasteiger partial charge on any atom is -0.469 e. The molecule has 0 radical (unpaired) electrons. The Morgan fingerprint density at radius 2 is 1.72 bits per heavy atom. The molecule has 0 saturated heterocycles. The van der Waals surface area contributed by atoms with E-state index in [1.807, 2.05) is 19.9 Å². The summed E-state index contributed by atoms with van der Waals surface area (Å²) >= 11 is 0. The fraction of sp³-hybridized carbons (Fsp3) is 0.769. The quantitative estimate of drug-likeness (QED) is 0.680. The third-order valence-corrected chi connectivity index (χ3v) is 3.11. The minimum atomic E-state index is -1.19. The Labute approximate surface area is 108 Å². The van der Waals surface area contributed by atoms with E-state index >= 15 is 0 Å². The van der Waals surface area contributed by atoms with E-state index in [9.17, 15) is 9.59 Å². The van der Waals surface area contributed by atoms with Crippen LogP contribution in [0.3, 0.4) is 0 Å². The smallest absolute Gasteiger partial charge is 0.314 e. The van der Waals surface area contributed by atoms with Gasteiger partial charge in [0.05, 0.1) is 18.9 Å². The average Bonchev–Trinajstić information content (AvgIpc) is 2.35. The predicted octanol–water partition coefficient (Wildman–Crippen LogP) is 2.20. The van der Waals surface area contributed by atoms with Crippen molar-refractivity contribution in [2.24, 2.45) is 5.41 Å². The van der Waals surface area contributed by atoms with Gasteiger partial charge in [-0.15, -0.1) is 0 Å². The molecular formula is C13H21NO4. The number of rotatable bonds is 6. The summed E-state index contributed by atoms with van der Waals surface area (Å²) in [7, 11) is 1.28. The van der Waals surface area contributed by atoms with Crippen LogP contribution in [0.5, 0.6) is 0 Å². The zero-order valence-electron chi connectivity index (χ0n) is 11.7. The summed E-state index contributed by atoms with van der Waals surface area (Å²) in [5.74, 6) is -0.977. The zero-order chi connectivity index (χ0) is 14.4. The molecule has 0 atom stereocenters. The number of nitriles is 1. The van der Waals surface area contributed by atoms with Crippen LogP contribution in [0.4, 0.5) is 0 Å². The lowest BCUT2D eigenvalue weighted by Crippen LogP contribution is -2.39. The molecular weight excluding hydrogens is 234 g/mol. The number of esters is 2. The molecule has 0 aromatic carbocycles. The second-order valence-electron chi connectivity index (χ2n) is 4.75. The minimum absolute atomic E-state index is 0.0309. The molecule has 0 aliphatic heterocycles. The van der Waals surface area contributed by atoms with Crippen molar-refractivity contribution in [2.45, 2.75) is 52.6 Å². The van der Waals surface area contributed by atoms with Crippen molar-refractivity contribution in [2.75, 3.05) is 7.11 Å². The first-order valence-corrected chi connectivity index (χ1v) is 5.98. The van der Waals surface area contributed by atoms with E-state index in [4.69, 9.17) is 10.00 Å². The van der Waals surface area contributed by atoms with E-state index in [-0.39, 0.29) is 6.42 Å². The maximum Gasteiger partial charge on any atom is 0.314 e. The van der Waals surface area contributed by atoms with Gasteiger partial charge in [0.2, 0.25) is 0 Å². The summed E-state index contributed by atoms with van der Waals surface area (Å²) in [5.41, 5.74) is -2.11. The van der Waals surface area contributed by atoms with Crippen molar-refractivity contribution in [3.8, 4) is 6.07 Å². The van der Waals surface area contributed by atoms with Crippen LogP contribution < -0.4 is 0 Å². The molecule has 0 amide bonds. The third kappa shape index (κ3) is 4.02. The van der Waals surface area contributed by atoms with Gasteiger partial charge in [-0.1, -0.05) is 13.8 Å². The van der Waals surface area contributed by atoms with Crippen molar-refractivity contribution in [1.29, 1.82) is 5.26 Å². The molecule has 102 valence electrons. The maximum absolute atomic E-state index is 12.2. The van der Waals surface area contributed by atoms with Gasteiger partial charge in [0.15, 0.2) is 5.60 Å². The first-order valence-electron chi connectivity index (χ1n) is 5.98. The van der Waals surface area contributed by atoms with Gasteiger partial charge < -0.3 is 9.47 Å². The van der Waals surface area contributed by atoms with Gasteiger partial charge in [0.1, 0.15) is 6.07 Å². The van der Waals surface area contributed by atoms with Crippen LogP contribution in [0.2, 0.25) is 0 Å². The van der Waals surface area contributed by atoms with Crippen molar-refractivity contribution >= 4 is 11.9 Å². The van der Waals surface area contributed by atoms with Crippen molar-refractivity contribution in [1.82, 2.24) is 0 Å². The lowest BCUT2D eigenvalue weighted by Gasteiger charge is -2.30. The summed E-state index contributed by atoms with van der Waals surface area (Å²) < 4.78 is 9.78. The Morgan fingerprint density at radius 3 is 2.06 bits per heavy atom. The Kier molecular flexibility index (Phi) is 5.83. The predicted molar refractivity (Wildman–Crippen MR) is 65.4 cm³/mol. The summed E-state index contributed by atoms with van der Waals surface area (Å²) in [6.07, 6.45) is 0.884. The second kappa shape index (κ2) is 6.39. The van der Waals surface area contributed by atoms with E-state index in [0.717, 1.165) is 0 Å². The first kappa shape index (κ1) is 16.4. The molecule has 5 nitrogen and oxygen atoms in total. The van der Waals surface area contributed by atoms with Gasteiger partial charge in [-0.05, 0) is 26.7 Å². The standard InChI is InChI=1S/C13H21NO4/c1-6-13(7-2,8-10(15)17-5)11(16)18-12(3,4)9-14/h6-8H2,1-5H3. The first-order chi connectivity index (χ1) is 8.26. The van der Waals surface area contributed by atoms with E-state index in [2.05, 4.69) is 4.74 Å². The average molecular weight is 255 g/mol. The maximum atomic E-state index is 12.2. The van der Waals surface area contributed by atoms with Crippen LogP contribution in [0.15, 0.2) is 0 Å². The fourth-order valence-corrected chi connectivity index (χ4v) is 1.57. The molecule has 0 spiro atoms. The van der Waals surface area contributed by atoms with E-state index in [1.54, 1.807) is 0 Å². The van der Waals surface area contributed by atoms with Gasteiger partial charge in [-0.2, -0.15) is 5.26 Å². The molecule has 5 heteroatoms. The highest BCUT2D eigenvalue weighted by molar-refractivity contribution is 5.83. The molecule has 0 N–H and O–H groups in total. The molecule has 0 fully saturated rings. The second-order valence-corrected chi connectivity index (χ2v) is 4.75. The van der Waals surface area contributed by atoms with Crippen LogP contribution in [0, 0.1) is 16.7 Å². The Balaban J connectivity index is 5.06. The molecule has 0 rings (SSSR count). The van der Waals surface area contributed by atoms with Gasteiger partial charge in [-0.3, -0.25) is 9.59 Å². The lowest BCUT2D eigenvalue weighted by molar-refractivity contribution is -0.170. The lowest BCUT2D eigenvalue weighted by atomic mass is 9.79. The van der Waals surface area contributed by atoms with E-state index in [0.29, 0.717) is 12.8 Å². The van der Waals surface area contributed by atoms with Crippen LogP contribution in [0.1, 0.15) is 47.0 Å². The van der Waals surface area contributed by atoms with E-state index < -0.39 is 23.0 Å². The molecule has 0 aromatic rings. The normalized spacial score (nSPS) is 11.6. The fourth-order valence-electron chi connectivity index (χ4n) is 1.57. The largest absolute Gasteiger partial charge is 0.469 e. The number of carbonyl (C=O) groups is 2. The van der Waals surface area contributed by atoms with Crippen LogP contribution in [-0.2, 0) is 19.1 Å². The number of nitrogens with zero attached hydrogens (tertiary/aromatic N) is 1. The molecule has 0 unspecified atom stereocenters. The van der Waals surface area contributed by atoms with Crippen LogP contribution >= 0.6 is 0 Å². The SMILES string of the molecule is CCC(CC)(CC(=O)OC)C(=O)OC(C)(C)C#N. The highest BCUT2D eigenvalue weighted by Gasteiger charge is 2.41. The molecule has 0 aliphatic rings. The van der Waals surface area contributed by atoms with Crippen molar-refractivity contribution in [3.05, 3.63) is 0 Å². The Hall–Kier alpha value is -1.57. The molecule has 0 heterocycles. The van der Waals surface area contributed by atoms with Gasteiger partial charge in [0, 0.05) is 0 Å². The number of methoxy groups -OCH3 is 1. The molecule has 0 saturated carbocycles. The topological polar surface area (TPSA) is 76.4 Å². The monoisotopic (exact) mass is 255 g/mol. The van der Waals surface area contributed by atoms with Crippen LogP contribution in [-0.4, -0.2) is 24.6 Å². The van der Waals surface area contributed by atoms with Crippen LogP contribution in [0.25, 0.3) is 0 Å². The highest BCUT2D eigenvalue weighted by Crippen LogP contribution is 2.34. The number of ether oxygens (including phenoxy) is 2. The van der Waals surface area contributed by atoms with Crippen molar-refractivity contribution < 1.29 is 19.1 Å². The Bertz CT molecular complexity index is 350. The summed E-state index contributed by atoms with van der Waals surface area (Å²) in [4.78, 5) is 23.6. The third-order valence-electron chi connectivity index (χ3n) is 3.11. The van der Waals surface area contributed by atoms with Crippen molar-refractivity contribution in [3.63, 3.8) is 0 Å². The number of carbonyl (C=O) groups excluding carboxylic acids is 2.